The average Bonchev–Trinajstić information content (AvgIpc) is 3.09. The molecular formula is C13H18N6O. The van der Waals surface area contributed by atoms with E-state index in [4.69, 9.17) is 5.73 Å². The van der Waals surface area contributed by atoms with Crippen LogP contribution in [0, 0.1) is 0 Å². The molecule has 2 heterocycles. The number of anilines is 2. The van der Waals surface area contributed by atoms with Crippen LogP contribution in [0.3, 0.4) is 0 Å². The number of nitrogens with two attached hydrogens (primary N) is 1. The van der Waals surface area contributed by atoms with Crippen molar-refractivity contribution in [3.05, 3.63) is 23.3 Å². The zero-order valence-corrected chi connectivity index (χ0v) is 11.6. The third kappa shape index (κ3) is 2.15. The number of H-pyrrole nitrogens is 1. The summed E-state index contributed by atoms with van der Waals surface area (Å²) in [6, 6.07) is 0. The van der Waals surface area contributed by atoms with Crippen molar-refractivity contribution in [3.8, 4) is 0 Å². The lowest BCUT2D eigenvalue weighted by Gasteiger charge is -2.03. The Balaban J connectivity index is 1.82. The van der Waals surface area contributed by atoms with Crippen LogP contribution in [0.2, 0.25) is 0 Å². The number of hydrogen-bond donors (Lipinski definition) is 3. The summed E-state index contributed by atoms with van der Waals surface area (Å²) in [6.07, 6.45) is 4.74. The number of aromatic amines is 1. The fourth-order valence-electron chi connectivity index (χ4n) is 2.30. The van der Waals surface area contributed by atoms with Gasteiger partial charge in [-0.3, -0.25) is 14.6 Å². The number of nitrogen functional groups attached to an aromatic ring is 1. The molecular weight excluding hydrogens is 256 g/mol. The molecule has 1 aliphatic rings. The fraction of sp³-hybridized carbons (Fsp3) is 0.462. The van der Waals surface area contributed by atoms with Gasteiger partial charge in [0.2, 0.25) is 0 Å². The average molecular weight is 274 g/mol. The molecule has 1 aliphatic carbocycles. The van der Waals surface area contributed by atoms with Crippen molar-refractivity contribution in [1.29, 1.82) is 0 Å². The summed E-state index contributed by atoms with van der Waals surface area (Å²) >= 11 is 0. The maximum atomic E-state index is 12.3. The summed E-state index contributed by atoms with van der Waals surface area (Å²) in [5.74, 6) is 0.141. The largest absolute Gasteiger partial charge is 0.395 e. The minimum Gasteiger partial charge on any atom is -0.395 e. The van der Waals surface area contributed by atoms with Gasteiger partial charge in [-0.25, -0.2) is 0 Å². The maximum Gasteiger partial charge on any atom is 0.278 e. The van der Waals surface area contributed by atoms with Gasteiger partial charge >= 0.3 is 0 Å². The lowest BCUT2D eigenvalue weighted by atomic mass is 10.2. The van der Waals surface area contributed by atoms with Crippen LogP contribution < -0.4 is 11.1 Å². The molecule has 2 aromatic heterocycles. The van der Waals surface area contributed by atoms with Crippen LogP contribution in [0.5, 0.6) is 0 Å². The van der Waals surface area contributed by atoms with Gasteiger partial charge in [-0.05, 0) is 19.3 Å². The second-order valence-electron chi connectivity index (χ2n) is 5.14. The first-order chi connectivity index (χ1) is 9.60. The maximum absolute atomic E-state index is 12.3. The van der Waals surface area contributed by atoms with Crippen LogP contribution in [0.15, 0.2) is 6.20 Å². The van der Waals surface area contributed by atoms with Crippen LogP contribution in [0.25, 0.3) is 0 Å². The number of rotatable bonds is 4. The number of carbonyl (C=O) groups excluding carboxylic acids is 1. The highest BCUT2D eigenvalue weighted by atomic mass is 16.2. The molecule has 0 radical (unpaired) electrons. The zero-order chi connectivity index (χ0) is 14.3. The highest BCUT2D eigenvalue weighted by Gasteiger charge is 2.30. The second kappa shape index (κ2) is 4.66. The molecule has 0 aromatic carbocycles. The molecule has 0 saturated heterocycles. The molecule has 1 fully saturated rings. The summed E-state index contributed by atoms with van der Waals surface area (Å²) in [4.78, 5) is 12.3. The van der Waals surface area contributed by atoms with Crippen LogP contribution in [-0.4, -0.2) is 25.9 Å². The van der Waals surface area contributed by atoms with Crippen LogP contribution in [0.1, 0.15) is 47.6 Å². The van der Waals surface area contributed by atoms with E-state index in [0.717, 1.165) is 30.7 Å². The van der Waals surface area contributed by atoms with E-state index in [1.165, 1.54) is 0 Å². The van der Waals surface area contributed by atoms with E-state index in [0.29, 0.717) is 17.3 Å². The van der Waals surface area contributed by atoms with Gasteiger partial charge < -0.3 is 11.1 Å². The van der Waals surface area contributed by atoms with Gasteiger partial charge in [-0.15, -0.1) is 0 Å². The topological polar surface area (TPSA) is 102 Å². The van der Waals surface area contributed by atoms with Crippen molar-refractivity contribution in [1.82, 2.24) is 20.0 Å². The van der Waals surface area contributed by atoms with Crippen molar-refractivity contribution in [2.45, 2.75) is 32.1 Å². The molecule has 106 valence electrons. The number of aryl methyl sites for hydroxylation is 2. The predicted octanol–water partition coefficient (Wildman–Crippen LogP) is 1.42. The van der Waals surface area contributed by atoms with Crippen LogP contribution >= 0.6 is 0 Å². The molecule has 0 unspecified atom stereocenters. The second-order valence-corrected chi connectivity index (χ2v) is 5.14. The number of aromatic nitrogens is 4. The summed E-state index contributed by atoms with van der Waals surface area (Å²) in [7, 11) is 1.82. The lowest BCUT2D eigenvalue weighted by Crippen LogP contribution is -2.15. The zero-order valence-electron chi connectivity index (χ0n) is 11.6. The van der Waals surface area contributed by atoms with Gasteiger partial charge in [0, 0.05) is 19.2 Å². The normalized spacial score (nSPS) is 14.5. The predicted molar refractivity (Wildman–Crippen MR) is 75.5 cm³/mol. The number of nitrogens with one attached hydrogen (secondary N) is 2. The standard InChI is InChI=1S/C13H18N6O/c1-3-8-9(6-19(2)18-8)15-13(20)12-10(14)11(16-17-12)7-4-5-7/h6-7H,3-5,14H2,1-2H3,(H,15,20)(H,16,17). The van der Waals surface area contributed by atoms with Crippen molar-refractivity contribution in [3.63, 3.8) is 0 Å². The number of hydrogen-bond acceptors (Lipinski definition) is 4. The third-order valence-electron chi connectivity index (χ3n) is 3.52. The molecule has 20 heavy (non-hydrogen) atoms. The number of amides is 1. The Hall–Kier alpha value is -2.31. The molecule has 2 aromatic rings. The molecule has 0 spiro atoms. The van der Waals surface area contributed by atoms with E-state index in [-0.39, 0.29) is 11.6 Å². The summed E-state index contributed by atoms with van der Waals surface area (Å²) < 4.78 is 1.68. The first-order valence-corrected chi connectivity index (χ1v) is 6.77. The van der Waals surface area contributed by atoms with E-state index < -0.39 is 0 Å². The summed E-state index contributed by atoms with van der Waals surface area (Å²) in [5, 5.41) is 14.0. The molecule has 3 rings (SSSR count). The highest BCUT2D eigenvalue weighted by molar-refractivity contribution is 6.06. The molecule has 4 N–H and O–H groups in total. The van der Waals surface area contributed by atoms with Gasteiger partial charge in [0.05, 0.1) is 22.8 Å². The quantitative estimate of drug-likeness (QED) is 0.784. The van der Waals surface area contributed by atoms with Crippen LogP contribution in [0.4, 0.5) is 11.4 Å². The Kier molecular flexibility index (Phi) is 2.96. The Morgan fingerprint density at radius 3 is 3.00 bits per heavy atom. The highest BCUT2D eigenvalue weighted by Crippen LogP contribution is 2.42. The van der Waals surface area contributed by atoms with Gasteiger partial charge in [0.25, 0.3) is 5.91 Å². The van der Waals surface area contributed by atoms with Crippen molar-refractivity contribution >= 4 is 17.3 Å². The van der Waals surface area contributed by atoms with E-state index in [1.807, 2.05) is 14.0 Å². The first kappa shape index (κ1) is 12.7. The third-order valence-corrected chi connectivity index (χ3v) is 3.52. The summed E-state index contributed by atoms with van der Waals surface area (Å²) in [5.41, 5.74) is 9.16. The lowest BCUT2D eigenvalue weighted by molar-refractivity contribution is 0.102. The Bertz CT molecular complexity index is 652. The van der Waals surface area contributed by atoms with Gasteiger partial charge in [-0.2, -0.15) is 10.2 Å². The first-order valence-electron chi connectivity index (χ1n) is 6.77. The minimum atomic E-state index is -0.298. The smallest absolute Gasteiger partial charge is 0.278 e. The number of nitrogens with zero attached hydrogens (tertiary/aromatic N) is 3. The van der Waals surface area contributed by atoms with Crippen molar-refractivity contribution in [2.24, 2.45) is 7.05 Å². The minimum absolute atomic E-state index is 0.262. The van der Waals surface area contributed by atoms with Crippen LogP contribution in [-0.2, 0) is 13.5 Å². The van der Waals surface area contributed by atoms with E-state index in [9.17, 15) is 4.79 Å². The van der Waals surface area contributed by atoms with Crippen molar-refractivity contribution in [2.75, 3.05) is 11.1 Å². The van der Waals surface area contributed by atoms with Gasteiger partial charge in [0.15, 0.2) is 5.69 Å². The molecule has 7 nitrogen and oxygen atoms in total. The van der Waals surface area contributed by atoms with E-state index in [2.05, 4.69) is 20.6 Å². The SMILES string of the molecule is CCc1nn(C)cc1NC(=O)c1n[nH]c(C2CC2)c1N. The fourth-order valence-corrected chi connectivity index (χ4v) is 2.30. The monoisotopic (exact) mass is 274 g/mol. The van der Waals surface area contributed by atoms with Crippen molar-refractivity contribution < 1.29 is 4.79 Å². The van der Waals surface area contributed by atoms with E-state index in [1.54, 1.807) is 10.9 Å². The molecule has 0 bridgehead atoms. The molecule has 0 aliphatic heterocycles. The molecule has 1 amide bonds. The van der Waals surface area contributed by atoms with Gasteiger partial charge in [-0.1, -0.05) is 6.92 Å². The number of carbonyl (C=O) groups is 1. The van der Waals surface area contributed by atoms with E-state index >= 15 is 0 Å². The Morgan fingerprint density at radius 2 is 2.35 bits per heavy atom. The molecule has 7 heteroatoms. The van der Waals surface area contributed by atoms with Gasteiger partial charge in [0.1, 0.15) is 0 Å². The Labute approximate surface area is 116 Å². The Morgan fingerprint density at radius 1 is 1.60 bits per heavy atom. The molecule has 0 atom stereocenters. The summed E-state index contributed by atoms with van der Waals surface area (Å²) in [6.45, 7) is 1.99. The molecule has 1 saturated carbocycles.